The van der Waals surface area contributed by atoms with E-state index in [4.69, 9.17) is 4.42 Å². The normalized spacial score (nSPS) is 21.7. The molecule has 1 saturated heterocycles. The van der Waals surface area contributed by atoms with Gasteiger partial charge in [-0.2, -0.15) is 0 Å². The highest BCUT2D eigenvalue weighted by Gasteiger charge is 2.50. The lowest BCUT2D eigenvalue weighted by molar-refractivity contribution is -0.132. The fourth-order valence-corrected chi connectivity index (χ4v) is 2.48. The van der Waals surface area contributed by atoms with E-state index in [1.54, 1.807) is 26.0 Å². The second kappa shape index (κ2) is 4.77. The van der Waals surface area contributed by atoms with E-state index in [-0.39, 0.29) is 12.5 Å². The molecule has 5 heteroatoms. The Labute approximate surface area is 122 Å². The van der Waals surface area contributed by atoms with Crippen LogP contribution in [0.4, 0.5) is 4.79 Å². The van der Waals surface area contributed by atoms with Gasteiger partial charge in [-0.3, -0.25) is 9.69 Å². The summed E-state index contributed by atoms with van der Waals surface area (Å²) in [5.74, 6) is 0.856. The molecule has 3 rings (SSSR count). The van der Waals surface area contributed by atoms with E-state index in [9.17, 15) is 9.59 Å². The Morgan fingerprint density at radius 1 is 1.14 bits per heavy atom. The molecule has 1 unspecified atom stereocenters. The van der Waals surface area contributed by atoms with Crippen LogP contribution in [0.1, 0.15) is 24.0 Å². The monoisotopic (exact) mass is 284 g/mol. The molecule has 1 aliphatic rings. The highest BCUT2D eigenvalue weighted by atomic mass is 16.3. The van der Waals surface area contributed by atoms with E-state index in [0.717, 1.165) is 5.56 Å². The van der Waals surface area contributed by atoms with Crippen molar-refractivity contribution in [2.75, 3.05) is 0 Å². The topological polar surface area (TPSA) is 62.6 Å². The van der Waals surface area contributed by atoms with Crippen LogP contribution in [0.15, 0.2) is 46.9 Å². The number of amides is 3. The van der Waals surface area contributed by atoms with Crippen molar-refractivity contribution in [1.29, 1.82) is 0 Å². The SMILES string of the molecule is Cc1ccc(C2(C)NC(=O)N(Cc3ccccc3)C2=O)o1. The molecule has 1 fully saturated rings. The summed E-state index contributed by atoms with van der Waals surface area (Å²) in [7, 11) is 0. The third-order valence-corrected chi connectivity index (χ3v) is 3.69. The average molecular weight is 284 g/mol. The Hall–Kier alpha value is -2.56. The molecule has 21 heavy (non-hydrogen) atoms. The van der Waals surface area contributed by atoms with Crippen LogP contribution in [0.5, 0.6) is 0 Å². The molecule has 0 bridgehead atoms. The lowest BCUT2D eigenvalue weighted by Gasteiger charge is -2.19. The summed E-state index contributed by atoms with van der Waals surface area (Å²) in [4.78, 5) is 26.0. The summed E-state index contributed by atoms with van der Waals surface area (Å²) in [6.07, 6.45) is 0. The molecule has 1 atom stereocenters. The van der Waals surface area contributed by atoms with E-state index < -0.39 is 11.6 Å². The number of nitrogens with zero attached hydrogens (tertiary/aromatic N) is 1. The number of hydrogen-bond donors (Lipinski definition) is 1. The van der Waals surface area contributed by atoms with E-state index >= 15 is 0 Å². The van der Waals surface area contributed by atoms with Crippen LogP contribution in [-0.2, 0) is 16.9 Å². The fourth-order valence-electron chi connectivity index (χ4n) is 2.48. The zero-order valence-electron chi connectivity index (χ0n) is 11.9. The minimum atomic E-state index is -1.14. The molecule has 5 nitrogen and oxygen atoms in total. The van der Waals surface area contributed by atoms with Crippen molar-refractivity contribution in [2.24, 2.45) is 0 Å². The second-order valence-electron chi connectivity index (χ2n) is 5.34. The Kier molecular flexibility index (Phi) is 3.05. The molecule has 1 aromatic carbocycles. The van der Waals surface area contributed by atoms with Gasteiger partial charge in [-0.05, 0) is 31.5 Å². The van der Waals surface area contributed by atoms with Crippen LogP contribution >= 0.6 is 0 Å². The summed E-state index contributed by atoms with van der Waals surface area (Å²) in [6, 6.07) is 12.5. The standard InChI is InChI=1S/C16H16N2O3/c1-11-8-9-13(21-11)16(2)14(19)18(15(20)17-16)10-12-6-4-3-5-7-12/h3-9H,10H2,1-2H3,(H,17,20). The molecule has 0 saturated carbocycles. The van der Waals surface area contributed by atoms with Gasteiger partial charge in [-0.15, -0.1) is 0 Å². The number of aryl methyl sites for hydroxylation is 1. The van der Waals surface area contributed by atoms with Gasteiger partial charge in [0.2, 0.25) is 0 Å². The van der Waals surface area contributed by atoms with E-state index in [0.29, 0.717) is 11.5 Å². The third kappa shape index (κ3) is 2.20. The van der Waals surface area contributed by atoms with Crippen LogP contribution in [-0.4, -0.2) is 16.8 Å². The van der Waals surface area contributed by atoms with Gasteiger partial charge in [0.15, 0.2) is 5.54 Å². The summed E-state index contributed by atoms with van der Waals surface area (Å²) < 4.78 is 5.53. The first-order valence-corrected chi connectivity index (χ1v) is 6.75. The van der Waals surface area contributed by atoms with Crippen LogP contribution in [0.2, 0.25) is 0 Å². The van der Waals surface area contributed by atoms with Gasteiger partial charge in [0.25, 0.3) is 5.91 Å². The maximum absolute atomic E-state index is 12.6. The molecule has 2 aromatic rings. The molecule has 0 spiro atoms. The molecule has 0 aliphatic carbocycles. The number of hydrogen-bond acceptors (Lipinski definition) is 3. The maximum Gasteiger partial charge on any atom is 0.325 e. The Morgan fingerprint density at radius 2 is 1.86 bits per heavy atom. The number of benzene rings is 1. The summed E-state index contributed by atoms with van der Waals surface area (Å²) in [6.45, 7) is 3.72. The smallest absolute Gasteiger partial charge is 0.325 e. The fraction of sp³-hybridized carbons (Fsp3) is 0.250. The summed E-state index contributed by atoms with van der Waals surface area (Å²) in [5, 5.41) is 2.72. The van der Waals surface area contributed by atoms with Gasteiger partial charge in [-0.25, -0.2) is 4.79 Å². The van der Waals surface area contributed by atoms with Crippen molar-refractivity contribution in [2.45, 2.75) is 25.9 Å². The average Bonchev–Trinajstić information content (AvgIpc) is 2.99. The van der Waals surface area contributed by atoms with E-state index in [2.05, 4.69) is 5.32 Å². The van der Waals surface area contributed by atoms with Crippen molar-refractivity contribution in [1.82, 2.24) is 10.2 Å². The predicted molar refractivity (Wildman–Crippen MR) is 76.3 cm³/mol. The van der Waals surface area contributed by atoms with Gasteiger partial charge in [0.05, 0.1) is 6.54 Å². The molecule has 3 amide bonds. The zero-order valence-corrected chi connectivity index (χ0v) is 11.9. The minimum Gasteiger partial charge on any atom is -0.463 e. The van der Waals surface area contributed by atoms with Crippen LogP contribution in [0, 0.1) is 6.92 Å². The van der Waals surface area contributed by atoms with Gasteiger partial charge < -0.3 is 9.73 Å². The molecule has 1 aliphatic heterocycles. The third-order valence-electron chi connectivity index (χ3n) is 3.69. The molecule has 1 N–H and O–H groups in total. The number of imide groups is 1. The lowest BCUT2D eigenvalue weighted by Crippen LogP contribution is -2.40. The van der Waals surface area contributed by atoms with Crippen molar-refractivity contribution in [3.05, 3.63) is 59.5 Å². The zero-order chi connectivity index (χ0) is 15.0. The van der Waals surface area contributed by atoms with Crippen LogP contribution in [0.3, 0.4) is 0 Å². The van der Waals surface area contributed by atoms with Crippen molar-refractivity contribution in [3.8, 4) is 0 Å². The van der Waals surface area contributed by atoms with Crippen LogP contribution in [0.25, 0.3) is 0 Å². The molecule has 108 valence electrons. The summed E-state index contributed by atoms with van der Waals surface area (Å²) in [5.41, 5.74) is -0.235. The minimum absolute atomic E-state index is 0.251. The second-order valence-corrected chi connectivity index (χ2v) is 5.34. The molecular weight excluding hydrogens is 268 g/mol. The number of furan rings is 1. The van der Waals surface area contributed by atoms with Gasteiger partial charge in [-0.1, -0.05) is 30.3 Å². The first-order chi connectivity index (χ1) is 10.0. The van der Waals surface area contributed by atoms with Crippen molar-refractivity contribution >= 4 is 11.9 Å². The first kappa shape index (κ1) is 13.4. The maximum atomic E-state index is 12.6. The van der Waals surface area contributed by atoms with Crippen LogP contribution < -0.4 is 5.32 Å². The lowest BCUT2D eigenvalue weighted by atomic mass is 9.99. The Bertz CT molecular complexity index is 693. The first-order valence-electron chi connectivity index (χ1n) is 6.75. The van der Waals surface area contributed by atoms with Gasteiger partial charge in [0, 0.05) is 0 Å². The van der Waals surface area contributed by atoms with E-state index in [1.165, 1.54) is 4.90 Å². The highest BCUT2D eigenvalue weighted by molar-refractivity contribution is 6.06. The summed E-state index contributed by atoms with van der Waals surface area (Å²) >= 11 is 0. The predicted octanol–water partition coefficient (Wildman–Crippen LogP) is 2.56. The number of carbonyl (C=O) groups is 2. The quantitative estimate of drug-likeness (QED) is 0.881. The number of nitrogens with one attached hydrogen (secondary N) is 1. The number of rotatable bonds is 3. The number of carbonyl (C=O) groups excluding carboxylic acids is 2. The van der Waals surface area contributed by atoms with Crippen molar-refractivity contribution < 1.29 is 14.0 Å². The molecule has 0 radical (unpaired) electrons. The highest BCUT2D eigenvalue weighted by Crippen LogP contribution is 2.30. The Balaban J connectivity index is 1.88. The number of urea groups is 1. The molecule has 1 aromatic heterocycles. The molecule has 2 heterocycles. The van der Waals surface area contributed by atoms with E-state index in [1.807, 2.05) is 30.3 Å². The Morgan fingerprint density at radius 3 is 2.48 bits per heavy atom. The van der Waals surface area contributed by atoms with Gasteiger partial charge in [0.1, 0.15) is 11.5 Å². The van der Waals surface area contributed by atoms with Gasteiger partial charge >= 0.3 is 6.03 Å². The molecular formula is C16H16N2O3. The largest absolute Gasteiger partial charge is 0.463 e. The van der Waals surface area contributed by atoms with Crippen molar-refractivity contribution in [3.63, 3.8) is 0 Å².